The smallest absolute Gasteiger partial charge is 0.304 e. The number of aliphatic carboxylic acids is 1. The summed E-state index contributed by atoms with van der Waals surface area (Å²) in [5.41, 5.74) is 5.24. The standard InChI is InChI=1S/C21H23NO2/c23-21(24)12-13-22-20-11-10-18-14-17(8-9-19(18)15-20)7-6-16-4-2-1-3-5-16/h1-9,14,20,22H,10-13,15H2,(H,23,24). The zero-order valence-corrected chi connectivity index (χ0v) is 13.7. The summed E-state index contributed by atoms with van der Waals surface area (Å²) in [7, 11) is 0. The van der Waals surface area contributed by atoms with E-state index in [4.69, 9.17) is 5.11 Å². The third kappa shape index (κ3) is 4.56. The molecule has 3 heteroatoms. The van der Waals surface area contributed by atoms with Gasteiger partial charge in [-0.25, -0.2) is 0 Å². The second-order valence-electron chi connectivity index (χ2n) is 6.31. The Kier molecular flexibility index (Phi) is 5.44. The van der Waals surface area contributed by atoms with Gasteiger partial charge in [0.25, 0.3) is 0 Å². The van der Waals surface area contributed by atoms with Gasteiger partial charge in [-0.05, 0) is 41.5 Å². The van der Waals surface area contributed by atoms with Gasteiger partial charge in [0, 0.05) is 12.6 Å². The van der Waals surface area contributed by atoms with E-state index in [1.54, 1.807) is 0 Å². The van der Waals surface area contributed by atoms with Crippen LogP contribution < -0.4 is 5.32 Å². The van der Waals surface area contributed by atoms with Gasteiger partial charge in [-0.15, -0.1) is 0 Å². The Labute approximate surface area is 143 Å². The van der Waals surface area contributed by atoms with Crippen LogP contribution in [-0.4, -0.2) is 23.7 Å². The summed E-state index contributed by atoms with van der Waals surface area (Å²) in [5.74, 6) is -0.742. The van der Waals surface area contributed by atoms with Gasteiger partial charge < -0.3 is 10.4 Å². The maximum absolute atomic E-state index is 10.6. The van der Waals surface area contributed by atoms with Crippen LogP contribution in [0.15, 0.2) is 48.5 Å². The van der Waals surface area contributed by atoms with E-state index in [2.05, 4.69) is 47.8 Å². The van der Waals surface area contributed by atoms with Crippen LogP contribution in [-0.2, 0) is 17.6 Å². The number of hydrogen-bond donors (Lipinski definition) is 2. The Bertz CT molecular complexity index is 722. The SMILES string of the molecule is O=C(O)CCNC1CCc2cc(C=Cc3ccccc3)ccc2C1. The second-order valence-corrected chi connectivity index (χ2v) is 6.31. The lowest BCUT2D eigenvalue weighted by atomic mass is 9.87. The van der Waals surface area contributed by atoms with Crippen molar-refractivity contribution in [2.75, 3.05) is 6.54 Å². The van der Waals surface area contributed by atoms with E-state index < -0.39 is 5.97 Å². The Morgan fingerprint density at radius 1 is 1.08 bits per heavy atom. The number of aryl methyl sites for hydroxylation is 1. The van der Waals surface area contributed by atoms with Crippen molar-refractivity contribution < 1.29 is 9.90 Å². The van der Waals surface area contributed by atoms with Gasteiger partial charge in [0.1, 0.15) is 0 Å². The fourth-order valence-electron chi connectivity index (χ4n) is 3.19. The number of carboxylic acids is 1. The molecule has 0 heterocycles. The molecule has 24 heavy (non-hydrogen) atoms. The minimum atomic E-state index is -0.742. The number of benzene rings is 2. The quantitative estimate of drug-likeness (QED) is 0.796. The lowest BCUT2D eigenvalue weighted by Crippen LogP contribution is -2.35. The van der Waals surface area contributed by atoms with E-state index in [1.165, 1.54) is 22.3 Å². The summed E-state index contributed by atoms with van der Waals surface area (Å²) in [6, 6.07) is 17.4. The normalized spacial score (nSPS) is 16.9. The van der Waals surface area contributed by atoms with Crippen molar-refractivity contribution in [2.24, 2.45) is 0 Å². The van der Waals surface area contributed by atoms with Crippen LogP contribution in [0.4, 0.5) is 0 Å². The third-order valence-corrected chi connectivity index (χ3v) is 4.50. The number of carboxylic acid groups (broad SMARTS) is 1. The summed E-state index contributed by atoms with van der Waals surface area (Å²) in [5, 5.41) is 12.1. The van der Waals surface area contributed by atoms with Crippen LogP contribution in [0.5, 0.6) is 0 Å². The van der Waals surface area contributed by atoms with Crippen LogP contribution in [0.25, 0.3) is 12.2 Å². The van der Waals surface area contributed by atoms with Gasteiger partial charge in [0.05, 0.1) is 6.42 Å². The van der Waals surface area contributed by atoms with Crippen molar-refractivity contribution >= 4 is 18.1 Å². The fraction of sp³-hybridized carbons (Fsp3) is 0.286. The highest BCUT2D eigenvalue weighted by molar-refractivity contribution is 5.70. The molecule has 0 bridgehead atoms. The maximum atomic E-state index is 10.6. The van der Waals surface area contributed by atoms with Gasteiger partial charge in [0.2, 0.25) is 0 Å². The van der Waals surface area contributed by atoms with E-state index in [9.17, 15) is 4.79 Å². The average molecular weight is 321 g/mol. The average Bonchev–Trinajstić information content (AvgIpc) is 2.60. The Hall–Kier alpha value is -2.39. The Balaban J connectivity index is 1.61. The topological polar surface area (TPSA) is 49.3 Å². The minimum absolute atomic E-state index is 0.187. The van der Waals surface area contributed by atoms with Gasteiger partial charge in [0.15, 0.2) is 0 Å². The van der Waals surface area contributed by atoms with E-state index in [0.717, 1.165) is 19.3 Å². The number of carbonyl (C=O) groups is 1. The molecule has 1 aliphatic carbocycles. The van der Waals surface area contributed by atoms with E-state index in [-0.39, 0.29) is 6.42 Å². The lowest BCUT2D eigenvalue weighted by Gasteiger charge is -2.25. The van der Waals surface area contributed by atoms with Gasteiger partial charge in [-0.1, -0.05) is 60.7 Å². The molecule has 124 valence electrons. The molecule has 2 aromatic rings. The number of fused-ring (bicyclic) bond motifs is 1. The van der Waals surface area contributed by atoms with Crippen molar-refractivity contribution in [3.63, 3.8) is 0 Å². The molecular formula is C21H23NO2. The summed E-state index contributed by atoms with van der Waals surface area (Å²) < 4.78 is 0. The predicted molar refractivity (Wildman–Crippen MR) is 97.9 cm³/mol. The predicted octanol–water partition coefficient (Wildman–Crippen LogP) is 3.78. The van der Waals surface area contributed by atoms with E-state index >= 15 is 0 Å². The largest absolute Gasteiger partial charge is 0.481 e. The van der Waals surface area contributed by atoms with Gasteiger partial charge in [-0.2, -0.15) is 0 Å². The lowest BCUT2D eigenvalue weighted by molar-refractivity contribution is -0.136. The zero-order chi connectivity index (χ0) is 16.8. The van der Waals surface area contributed by atoms with Crippen LogP contribution in [0.1, 0.15) is 35.1 Å². The number of hydrogen-bond acceptors (Lipinski definition) is 2. The molecular weight excluding hydrogens is 298 g/mol. The molecule has 0 spiro atoms. The molecule has 0 saturated carbocycles. The van der Waals surface area contributed by atoms with Crippen molar-refractivity contribution in [2.45, 2.75) is 31.7 Å². The van der Waals surface area contributed by atoms with Crippen LogP contribution in [0.3, 0.4) is 0 Å². The summed E-state index contributed by atoms with van der Waals surface area (Å²) in [6.45, 7) is 0.549. The summed E-state index contributed by atoms with van der Waals surface area (Å²) >= 11 is 0. The second kappa shape index (κ2) is 7.93. The summed E-state index contributed by atoms with van der Waals surface area (Å²) in [6.07, 6.45) is 7.59. The fourth-order valence-corrected chi connectivity index (χ4v) is 3.19. The first-order valence-corrected chi connectivity index (χ1v) is 8.51. The third-order valence-electron chi connectivity index (χ3n) is 4.50. The molecule has 2 N–H and O–H groups in total. The highest BCUT2D eigenvalue weighted by Crippen LogP contribution is 2.23. The number of rotatable bonds is 6. The molecule has 0 radical (unpaired) electrons. The molecule has 1 unspecified atom stereocenters. The molecule has 0 aliphatic heterocycles. The highest BCUT2D eigenvalue weighted by atomic mass is 16.4. The van der Waals surface area contributed by atoms with Crippen molar-refractivity contribution in [1.82, 2.24) is 5.32 Å². The molecule has 0 amide bonds. The molecule has 1 atom stereocenters. The maximum Gasteiger partial charge on any atom is 0.304 e. The summed E-state index contributed by atoms with van der Waals surface area (Å²) in [4.78, 5) is 10.6. The molecule has 0 saturated heterocycles. The number of nitrogens with one attached hydrogen (secondary N) is 1. The molecule has 2 aromatic carbocycles. The van der Waals surface area contributed by atoms with Crippen molar-refractivity contribution in [3.05, 3.63) is 70.8 Å². The van der Waals surface area contributed by atoms with Crippen LogP contribution in [0, 0.1) is 0 Å². The van der Waals surface area contributed by atoms with Gasteiger partial charge in [-0.3, -0.25) is 4.79 Å². The Morgan fingerprint density at radius 2 is 1.88 bits per heavy atom. The minimum Gasteiger partial charge on any atom is -0.481 e. The first kappa shape index (κ1) is 16.5. The van der Waals surface area contributed by atoms with E-state index in [1.807, 2.05) is 18.2 Å². The zero-order valence-electron chi connectivity index (χ0n) is 13.7. The molecule has 0 fully saturated rings. The molecule has 0 aromatic heterocycles. The molecule has 3 nitrogen and oxygen atoms in total. The van der Waals surface area contributed by atoms with E-state index in [0.29, 0.717) is 12.6 Å². The van der Waals surface area contributed by atoms with Crippen molar-refractivity contribution in [1.29, 1.82) is 0 Å². The van der Waals surface area contributed by atoms with Crippen LogP contribution in [0.2, 0.25) is 0 Å². The van der Waals surface area contributed by atoms with Crippen molar-refractivity contribution in [3.8, 4) is 0 Å². The molecule has 1 aliphatic rings. The van der Waals surface area contributed by atoms with Crippen LogP contribution >= 0.6 is 0 Å². The Morgan fingerprint density at radius 3 is 2.67 bits per heavy atom. The first-order chi connectivity index (χ1) is 11.7. The monoisotopic (exact) mass is 321 g/mol. The first-order valence-electron chi connectivity index (χ1n) is 8.51. The molecule has 3 rings (SSSR count). The highest BCUT2D eigenvalue weighted by Gasteiger charge is 2.18. The van der Waals surface area contributed by atoms with Gasteiger partial charge >= 0.3 is 5.97 Å².